The van der Waals surface area contributed by atoms with Crippen LogP contribution in [0.1, 0.15) is 22.8 Å². The molecule has 2 atom stereocenters. The van der Waals surface area contributed by atoms with Gasteiger partial charge in [0.15, 0.2) is 6.10 Å². The predicted molar refractivity (Wildman–Crippen MR) is 54.8 cm³/mol. The van der Waals surface area contributed by atoms with Crippen LogP contribution in [0.5, 0.6) is 0 Å². The first-order valence-corrected chi connectivity index (χ1v) is 4.88. The van der Waals surface area contributed by atoms with E-state index in [1.807, 2.05) is 0 Å². The number of benzene rings is 1. The molecule has 3 N–H and O–H groups in total. The van der Waals surface area contributed by atoms with Crippen LogP contribution in [-0.4, -0.2) is 27.4 Å². The Morgan fingerprint density at radius 1 is 1.32 bits per heavy atom. The van der Waals surface area contributed by atoms with Gasteiger partial charge in [0.05, 0.1) is 17.2 Å². The van der Waals surface area contributed by atoms with Gasteiger partial charge in [-0.2, -0.15) is 18.4 Å². The minimum atomic E-state index is -4.67. The molecular formula is C11H8F3NO4. The molecule has 1 aromatic rings. The minimum absolute atomic E-state index is 0.384. The molecule has 0 amide bonds. The SMILES string of the molecule is N#Cc1cc(C(F)(F)F)ccc1C(O)C(O)C(=O)O. The van der Waals surface area contributed by atoms with Crippen molar-refractivity contribution in [3.63, 3.8) is 0 Å². The average Bonchev–Trinajstić information content (AvgIpc) is 2.34. The van der Waals surface area contributed by atoms with Gasteiger partial charge in [-0.05, 0) is 12.1 Å². The molecule has 0 spiro atoms. The highest BCUT2D eigenvalue weighted by Crippen LogP contribution is 2.32. The Morgan fingerprint density at radius 2 is 1.89 bits per heavy atom. The van der Waals surface area contributed by atoms with Crippen LogP contribution in [0.2, 0.25) is 0 Å². The van der Waals surface area contributed by atoms with Crippen LogP contribution in [0.4, 0.5) is 13.2 Å². The van der Waals surface area contributed by atoms with Crippen molar-refractivity contribution in [1.29, 1.82) is 5.26 Å². The Labute approximate surface area is 105 Å². The molecule has 102 valence electrons. The Balaban J connectivity index is 3.25. The van der Waals surface area contributed by atoms with E-state index in [2.05, 4.69) is 0 Å². The molecular weight excluding hydrogens is 267 g/mol. The number of carboxylic acids is 1. The molecule has 0 saturated carbocycles. The second-order valence-electron chi connectivity index (χ2n) is 3.64. The van der Waals surface area contributed by atoms with Gasteiger partial charge >= 0.3 is 12.1 Å². The maximum absolute atomic E-state index is 12.4. The van der Waals surface area contributed by atoms with E-state index in [0.717, 1.165) is 6.07 Å². The first-order chi connectivity index (χ1) is 8.68. The van der Waals surface area contributed by atoms with Gasteiger partial charge in [-0.15, -0.1) is 0 Å². The van der Waals surface area contributed by atoms with E-state index < -0.39 is 35.5 Å². The predicted octanol–water partition coefficient (Wildman–Crippen LogP) is 1.06. The Morgan fingerprint density at radius 3 is 2.32 bits per heavy atom. The molecule has 0 aliphatic carbocycles. The van der Waals surface area contributed by atoms with Crippen molar-refractivity contribution in [2.24, 2.45) is 0 Å². The van der Waals surface area contributed by atoms with Crippen molar-refractivity contribution in [1.82, 2.24) is 0 Å². The summed E-state index contributed by atoms with van der Waals surface area (Å²) in [4.78, 5) is 10.5. The highest BCUT2D eigenvalue weighted by Gasteiger charge is 2.33. The maximum atomic E-state index is 12.4. The van der Waals surface area contributed by atoms with E-state index in [9.17, 15) is 23.1 Å². The number of carboxylic acid groups (broad SMARTS) is 1. The number of hydrogen-bond donors (Lipinski definition) is 3. The lowest BCUT2D eigenvalue weighted by Crippen LogP contribution is -2.28. The molecule has 1 aromatic carbocycles. The molecule has 0 radical (unpaired) electrons. The third-order valence-electron chi connectivity index (χ3n) is 2.37. The van der Waals surface area contributed by atoms with E-state index in [1.165, 1.54) is 6.07 Å². The van der Waals surface area contributed by atoms with Crippen molar-refractivity contribution >= 4 is 5.97 Å². The van der Waals surface area contributed by atoms with Crippen LogP contribution in [0.25, 0.3) is 0 Å². The van der Waals surface area contributed by atoms with Crippen LogP contribution < -0.4 is 0 Å². The molecule has 19 heavy (non-hydrogen) atoms. The smallest absolute Gasteiger partial charge is 0.416 e. The summed E-state index contributed by atoms with van der Waals surface area (Å²) >= 11 is 0. The average molecular weight is 275 g/mol. The standard InChI is InChI=1S/C11H8F3NO4/c12-11(13,14)6-1-2-7(5(3-6)4-15)8(16)9(17)10(18)19/h1-3,8-9,16-17H,(H,18,19). The number of carbonyl (C=O) groups is 1. The molecule has 0 saturated heterocycles. The molecule has 0 bridgehead atoms. The normalized spacial score (nSPS) is 14.5. The lowest BCUT2D eigenvalue weighted by atomic mass is 9.97. The van der Waals surface area contributed by atoms with Crippen LogP contribution in [0.3, 0.4) is 0 Å². The first kappa shape index (κ1) is 14.9. The highest BCUT2D eigenvalue weighted by atomic mass is 19.4. The number of rotatable bonds is 3. The second-order valence-corrected chi connectivity index (χ2v) is 3.64. The largest absolute Gasteiger partial charge is 0.479 e. The zero-order valence-electron chi connectivity index (χ0n) is 9.22. The number of halogens is 3. The number of aliphatic hydroxyl groups excluding tert-OH is 2. The zero-order valence-corrected chi connectivity index (χ0v) is 9.22. The van der Waals surface area contributed by atoms with Gasteiger partial charge in [-0.1, -0.05) is 6.07 Å². The minimum Gasteiger partial charge on any atom is -0.479 e. The number of aliphatic carboxylic acids is 1. The van der Waals surface area contributed by atoms with Gasteiger partial charge in [0.2, 0.25) is 0 Å². The van der Waals surface area contributed by atoms with Gasteiger partial charge in [0.25, 0.3) is 0 Å². The van der Waals surface area contributed by atoms with Gasteiger partial charge in [-0.25, -0.2) is 4.79 Å². The second kappa shape index (κ2) is 5.26. The lowest BCUT2D eigenvalue weighted by Gasteiger charge is -2.16. The monoisotopic (exact) mass is 275 g/mol. The van der Waals surface area contributed by atoms with Crippen LogP contribution in [0, 0.1) is 11.3 Å². The summed E-state index contributed by atoms with van der Waals surface area (Å²) in [5.41, 5.74) is -2.04. The van der Waals surface area contributed by atoms with E-state index in [4.69, 9.17) is 15.5 Å². The quantitative estimate of drug-likeness (QED) is 0.765. The zero-order chi connectivity index (χ0) is 14.8. The molecule has 8 heteroatoms. The molecule has 0 aliphatic heterocycles. The summed E-state index contributed by atoms with van der Waals surface area (Å²) in [6.45, 7) is 0. The maximum Gasteiger partial charge on any atom is 0.416 e. The molecule has 0 heterocycles. The number of hydrogen-bond acceptors (Lipinski definition) is 4. The summed E-state index contributed by atoms with van der Waals surface area (Å²) < 4.78 is 37.2. The van der Waals surface area contributed by atoms with Gasteiger partial charge in [-0.3, -0.25) is 0 Å². The summed E-state index contributed by atoms with van der Waals surface area (Å²) in [5, 5.41) is 35.8. The molecule has 0 fully saturated rings. The fourth-order valence-electron chi connectivity index (χ4n) is 1.39. The number of alkyl halides is 3. The topological polar surface area (TPSA) is 102 Å². The van der Waals surface area contributed by atoms with E-state index in [-0.39, 0.29) is 5.56 Å². The molecule has 1 rings (SSSR count). The Bertz CT molecular complexity index is 536. The highest BCUT2D eigenvalue weighted by molar-refractivity contribution is 5.73. The van der Waals surface area contributed by atoms with Gasteiger partial charge in [0, 0.05) is 5.56 Å². The Kier molecular flexibility index (Phi) is 4.14. The van der Waals surface area contributed by atoms with E-state index in [0.29, 0.717) is 12.1 Å². The van der Waals surface area contributed by atoms with Crippen molar-refractivity contribution in [3.8, 4) is 6.07 Å². The molecule has 2 unspecified atom stereocenters. The number of aliphatic hydroxyl groups is 2. The number of nitrogens with zero attached hydrogens (tertiary/aromatic N) is 1. The van der Waals surface area contributed by atoms with Gasteiger partial charge in [0.1, 0.15) is 6.10 Å². The fourth-order valence-corrected chi connectivity index (χ4v) is 1.39. The Hall–Kier alpha value is -2.11. The summed E-state index contributed by atoms with van der Waals surface area (Å²) in [7, 11) is 0. The molecule has 0 aliphatic rings. The fraction of sp³-hybridized carbons (Fsp3) is 0.273. The van der Waals surface area contributed by atoms with Crippen LogP contribution >= 0.6 is 0 Å². The van der Waals surface area contributed by atoms with Crippen molar-refractivity contribution < 1.29 is 33.3 Å². The van der Waals surface area contributed by atoms with Crippen molar-refractivity contribution in [3.05, 3.63) is 34.9 Å². The van der Waals surface area contributed by atoms with Crippen LogP contribution in [0.15, 0.2) is 18.2 Å². The lowest BCUT2D eigenvalue weighted by molar-refractivity contribution is -0.153. The molecule has 5 nitrogen and oxygen atoms in total. The third-order valence-corrected chi connectivity index (χ3v) is 2.37. The number of nitriles is 1. The van der Waals surface area contributed by atoms with Gasteiger partial charge < -0.3 is 15.3 Å². The van der Waals surface area contributed by atoms with Crippen LogP contribution in [-0.2, 0) is 11.0 Å². The molecule has 0 aromatic heterocycles. The first-order valence-electron chi connectivity index (χ1n) is 4.88. The summed E-state index contributed by atoms with van der Waals surface area (Å²) in [6, 6.07) is 3.25. The summed E-state index contributed by atoms with van der Waals surface area (Å²) in [6.07, 6.45) is -8.89. The van der Waals surface area contributed by atoms with Crippen molar-refractivity contribution in [2.75, 3.05) is 0 Å². The van der Waals surface area contributed by atoms with E-state index in [1.54, 1.807) is 0 Å². The van der Waals surface area contributed by atoms with E-state index >= 15 is 0 Å². The third kappa shape index (κ3) is 3.21. The van der Waals surface area contributed by atoms with Crippen molar-refractivity contribution in [2.45, 2.75) is 18.4 Å². The summed E-state index contributed by atoms with van der Waals surface area (Å²) in [5.74, 6) is -1.75.